The Morgan fingerprint density at radius 1 is 1.50 bits per heavy atom. The molecule has 0 bridgehead atoms. The van der Waals surface area contributed by atoms with E-state index in [1.165, 1.54) is 12.1 Å². The van der Waals surface area contributed by atoms with E-state index in [0.717, 1.165) is 18.9 Å². The van der Waals surface area contributed by atoms with Crippen LogP contribution in [0, 0.1) is 5.82 Å². The number of rotatable bonds is 3. The van der Waals surface area contributed by atoms with Crippen molar-refractivity contribution in [2.75, 3.05) is 0 Å². The average molecular weight is 196 g/mol. The summed E-state index contributed by atoms with van der Waals surface area (Å²) in [6, 6.07) is 3.67. The molecule has 1 aromatic carbocycles. The van der Waals surface area contributed by atoms with Gasteiger partial charge in [-0.3, -0.25) is 0 Å². The minimum absolute atomic E-state index is 0.0642. The van der Waals surface area contributed by atoms with Crippen LogP contribution in [-0.2, 0) is 0 Å². The summed E-state index contributed by atoms with van der Waals surface area (Å²) < 4.78 is 18.4. The zero-order valence-corrected chi connectivity index (χ0v) is 7.37. The molecule has 0 radical (unpaired) electrons. The van der Waals surface area contributed by atoms with Crippen LogP contribution in [0.2, 0.25) is 0 Å². The number of hydrogen-bond donors (Lipinski definition) is 1. The third-order valence-corrected chi connectivity index (χ3v) is 2.00. The number of ether oxygens (including phenoxy) is 1. The summed E-state index contributed by atoms with van der Waals surface area (Å²) in [5, 5.41) is 8.59. The summed E-state index contributed by atoms with van der Waals surface area (Å²) in [5.74, 6) is -1.61. The summed E-state index contributed by atoms with van der Waals surface area (Å²) >= 11 is 0. The first-order chi connectivity index (χ1) is 6.66. The van der Waals surface area contributed by atoms with Gasteiger partial charge >= 0.3 is 5.97 Å². The van der Waals surface area contributed by atoms with Crippen LogP contribution in [-0.4, -0.2) is 17.2 Å². The van der Waals surface area contributed by atoms with Crippen molar-refractivity contribution in [1.29, 1.82) is 0 Å². The third-order valence-electron chi connectivity index (χ3n) is 2.00. The van der Waals surface area contributed by atoms with Crippen molar-refractivity contribution in [2.45, 2.75) is 18.9 Å². The van der Waals surface area contributed by atoms with Gasteiger partial charge in [0, 0.05) is 0 Å². The molecule has 0 aliphatic heterocycles. The maximum absolute atomic E-state index is 13.2. The predicted octanol–water partition coefficient (Wildman–Crippen LogP) is 2.07. The molecule has 14 heavy (non-hydrogen) atoms. The first kappa shape index (κ1) is 8.99. The van der Waals surface area contributed by atoms with Gasteiger partial charge in [-0.1, -0.05) is 0 Å². The van der Waals surface area contributed by atoms with Crippen molar-refractivity contribution in [3.8, 4) is 5.75 Å². The lowest BCUT2D eigenvalue weighted by molar-refractivity contribution is 0.0696. The minimum atomic E-state index is -1.14. The molecule has 1 saturated carbocycles. The molecule has 4 heteroatoms. The van der Waals surface area contributed by atoms with E-state index >= 15 is 0 Å². The van der Waals surface area contributed by atoms with Crippen LogP contribution in [0.5, 0.6) is 5.75 Å². The van der Waals surface area contributed by atoms with Crippen molar-refractivity contribution in [3.05, 3.63) is 29.6 Å². The smallest absolute Gasteiger partial charge is 0.335 e. The molecule has 2 rings (SSSR count). The van der Waals surface area contributed by atoms with Crippen molar-refractivity contribution in [2.24, 2.45) is 0 Å². The Labute approximate surface area is 80.1 Å². The number of carboxylic acid groups (broad SMARTS) is 1. The zero-order chi connectivity index (χ0) is 10.1. The van der Waals surface area contributed by atoms with Crippen molar-refractivity contribution in [3.63, 3.8) is 0 Å². The van der Waals surface area contributed by atoms with E-state index < -0.39 is 11.8 Å². The molecule has 3 nitrogen and oxygen atoms in total. The normalized spacial score (nSPS) is 15.2. The molecular weight excluding hydrogens is 187 g/mol. The monoisotopic (exact) mass is 196 g/mol. The van der Waals surface area contributed by atoms with Crippen LogP contribution >= 0.6 is 0 Å². The van der Waals surface area contributed by atoms with Gasteiger partial charge in [0.1, 0.15) is 0 Å². The van der Waals surface area contributed by atoms with Gasteiger partial charge in [0.05, 0.1) is 11.7 Å². The topological polar surface area (TPSA) is 46.5 Å². The standard InChI is InChI=1S/C10H9FO3/c11-8-5-6(10(12)13)1-4-9(8)14-7-2-3-7/h1,4-5,7H,2-3H2,(H,12,13). The van der Waals surface area contributed by atoms with Gasteiger partial charge in [0.2, 0.25) is 0 Å². The molecule has 0 spiro atoms. The van der Waals surface area contributed by atoms with Crippen LogP contribution in [0.25, 0.3) is 0 Å². The van der Waals surface area contributed by atoms with Gasteiger partial charge in [-0.15, -0.1) is 0 Å². The highest BCUT2D eigenvalue weighted by molar-refractivity contribution is 5.87. The molecule has 74 valence electrons. The SMILES string of the molecule is O=C(O)c1ccc(OC2CC2)c(F)c1. The highest BCUT2D eigenvalue weighted by atomic mass is 19.1. The van der Waals surface area contributed by atoms with Gasteiger partial charge in [0.25, 0.3) is 0 Å². The summed E-state index contributed by atoms with van der Waals surface area (Å²) in [7, 11) is 0. The molecule has 1 aromatic rings. The number of halogens is 1. The molecule has 0 heterocycles. The maximum Gasteiger partial charge on any atom is 0.335 e. The largest absolute Gasteiger partial charge is 0.487 e. The Morgan fingerprint density at radius 3 is 2.71 bits per heavy atom. The lowest BCUT2D eigenvalue weighted by atomic mass is 10.2. The molecule has 0 amide bonds. The van der Waals surface area contributed by atoms with Gasteiger partial charge in [-0.25, -0.2) is 9.18 Å². The molecule has 0 aromatic heterocycles. The quantitative estimate of drug-likeness (QED) is 0.804. The predicted molar refractivity (Wildman–Crippen MR) is 47.0 cm³/mol. The lowest BCUT2D eigenvalue weighted by Crippen LogP contribution is -2.01. The van der Waals surface area contributed by atoms with E-state index in [9.17, 15) is 9.18 Å². The first-order valence-corrected chi connectivity index (χ1v) is 4.36. The number of aromatic carboxylic acids is 1. The van der Waals surface area contributed by atoms with E-state index in [1.54, 1.807) is 0 Å². The van der Waals surface area contributed by atoms with Crippen molar-refractivity contribution in [1.82, 2.24) is 0 Å². The van der Waals surface area contributed by atoms with Gasteiger partial charge in [-0.05, 0) is 31.0 Å². The number of benzene rings is 1. The van der Waals surface area contributed by atoms with Crippen molar-refractivity contribution >= 4 is 5.97 Å². The maximum atomic E-state index is 13.2. The second-order valence-corrected chi connectivity index (χ2v) is 3.27. The molecule has 0 unspecified atom stereocenters. The third kappa shape index (κ3) is 1.84. The van der Waals surface area contributed by atoms with E-state index in [1.807, 2.05) is 0 Å². The Balaban J connectivity index is 2.21. The fraction of sp³-hybridized carbons (Fsp3) is 0.300. The molecule has 1 N–H and O–H groups in total. The van der Waals surface area contributed by atoms with E-state index in [0.29, 0.717) is 0 Å². The summed E-state index contributed by atoms with van der Waals surface area (Å²) in [5.41, 5.74) is -0.0642. The fourth-order valence-corrected chi connectivity index (χ4v) is 1.09. The second-order valence-electron chi connectivity index (χ2n) is 3.27. The first-order valence-electron chi connectivity index (χ1n) is 4.36. The van der Waals surface area contributed by atoms with Crippen LogP contribution in [0.4, 0.5) is 4.39 Å². The van der Waals surface area contributed by atoms with Crippen LogP contribution in [0.15, 0.2) is 18.2 Å². The molecule has 1 aliphatic carbocycles. The lowest BCUT2D eigenvalue weighted by Gasteiger charge is -2.05. The number of carbonyl (C=O) groups is 1. The number of carboxylic acids is 1. The summed E-state index contributed by atoms with van der Waals surface area (Å²) in [4.78, 5) is 10.5. The average Bonchev–Trinajstić information content (AvgIpc) is 2.92. The van der Waals surface area contributed by atoms with Crippen LogP contribution in [0.3, 0.4) is 0 Å². The Hall–Kier alpha value is -1.58. The van der Waals surface area contributed by atoms with Gasteiger partial charge < -0.3 is 9.84 Å². The van der Waals surface area contributed by atoms with Gasteiger partial charge in [-0.2, -0.15) is 0 Å². The fourth-order valence-electron chi connectivity index (χ4n) is 1.09. The highest BCUT2D eigenvalue weighted by Gasteiger charge is 2.24. The summed E-state index contributed by atoms with van der Waals surface area (Å²) in [6.07, 6.45) is 2.00. The van der Waals surface area contributed by atoms with Crippen LogP contribution in [0.1, 0.15) is 23.2 Å². The minimum Gasteiger partial charge on any atom is -0.487 e. The zero-order valence-electron chi connectivity index (χ0n) is 7.37. The Morgan fingerprint density at radius 2 is 2.21 bits per heavy atom. The van der Waals surface area contributed by atoms with Gasteiger partial charge in [0.15, 0.2) is 11.6 Å². The molecule has 0 saturated heterocycles. The number of hydrogen-bond acceptors (Lipinski definition) is 2. The van der Waals surface area contributed by atoms with E-state index in [2.05, 4.69) is 0 Å². The van der Waals surface area contributed by atoms with E-state index in [4.69, 9.17) is 9.84 Å². The second kappa shape index (κ2) is 3.29. The Bertz CT molecular complexity index is 372. The van der Waals surface area contributed by atoms with Crippen LogP contribution < -0.4 is 4.74 Å². The molecule has 1 aliphatic rings. The van der Waals surface area contributed by atoms with Crippen molar-refractivity contribution < 1.29 is 19.0 Å². The van der Waals surface area contributed by atoms with E-state index in [-0.39, 0.29) is 17.4 Å². The molecular formula is C10H9FO3. The molecule has 1 fully saturated rings. The highest BCUT2D eigenvalue weighted by Crippen LogP contribution is 2.28. The Kier molecular flexibility index (Phi) is 2.11. The summed E-state index contributed by atoms with van der Waals surface area (Å²) in [6.45, 7) is 0. The molecule has 0 atom stereocenters.